The summed E-state index contributed by atoms with van der Waals surface area (Å²) in [5.41, 5.74) is 2.04. The molecule has 0 aromatic heterocycles. The van der Waals surface area contributed by atoms with Crippen molar-refractivity contribution in [3.8, 4) is 0 Å². The number of anilines is 1. The van der Waals surface area contributed by atoms with Crippen LogP contribution in [0, 0.1) is 6.92 Å². The first-order valence-corrected chi connectivity index (χ1v) is 8.23. The summed E-state index contributed by atoms with van der Waals surface area (Å²) in [4.78, 5) is 14.4. The van der Waals surface area contributed by atoms with Gasteiger partial charge in [0.15, 0.2) is 0 Å². The molecule has 0 aliphatic carbocycles. The van der Waals surface area contributed by atoms with Gasteiger partial charge in [0.2, 0.25) is 5.91 Å². The standard InChI is InChI=1S/C16H23BrN2O/c1-13-6-7-15(14(17)12-13)18-16(20)8-11-19-9-4-2-3-5-10-19/h6-7,12H,2-5,8-11H2,1H3,(H,18,20). The summed E-state index contributed by atoms with van der Waals surface area (Å²) in [6.45, 7) is 5.19. The van der Waals surface area contributed by atoms with Crippen LogP contribution < -0.4 is 5.32 Å². The summed E-state index contributed by atoms with van der Waals surface area (Å²) in [7, 11) is 0. The van der Waals surface area contributed by atoms with Gasteiger partial charge in [-0.15, -0.1) is 0 Å². The molecule has 1 saturated heterocycles. The molecule has 0 unspecified atom stereocenters. The highest BCUT2D eigenvalue weighted by Gasteiger charge is 2.11. The molecule has 1 heterocycles. The fraction of sp³-hybridized carbons (Fsp3) is 0.562. The zero-order valence-corrected chi connectivity index (χ0v) is 13.7. The van der Waals surface area contributed by atoms with Gasteiger partial charge in [-0.3, -0.25) is 4.79 Å². The lowest BCUT2D eigenvalue weighted by molar-refractivity contribution is -0.116. The van der Waals surface area contributed by atoms with E-state index in [-0.39, 0.29) is 5.91 Å². The molecule has 0 atom stereocenters. The zero-order valence-electron chi connectivity index (χ0n) is 12.1. The quantitative estimate of drug-likeness (QED) is 0.900. The fourth-order valence-corrected chi connectivity index (χ4v) is 3.15. The summed E-state index contributed by atoms with van der Waals surface area (Å²) < 4.78 is 0.945. The molecule has 0 bridgehead atoms. The van der Waals surface area contributed by atoms with Gasteiger partial charge in [0.05, 0.1) is 5.69 Å². The molecule has 110 valence electrons. The van der Waals surface area contributed by atoms with E-state index in [0.717, 1.165) is 29.8 Å². The van der Waals surface area contributed by atoms with E-state index in [1.54, 1.807) is 0 Å². The van der Waals surface area contributed by atoms with E-state index in [4.69, 9.17) is 0 Å². The minimum Gasteiger partial charge on any atom is -0.325 e. The van der Waals surface area contributed by atoms with Crippen LogP contribution in [-0.2, 0) is 4.79 Å². The normalized spacial score (nSPS) is 16.7. The molecule has 1 aliphatic rings. The molecule has 1 amide bonds. The predicted octanol–water partition coefficient (Wildman–Crippen LogP) is 3.96. The number of likely N-dealkylation sites (tertiary alicyclic amines) is 1. The Labute approximate surface area is 129 Å². The molecular weight excluding hydrogens is 316 g/mol. The average Bonchev–Trinajstić information content (AvgIpc) is 2.68. The van der Waals surface area contributed by atoms with E-state index in [9.17, 15) is 4.79 Å². The van der Waals surface area contributed by atoms with Crippen LogP contribution in [0.15, 0.2) is 22.7 Å². The number of nitrogens with one attached hydrogen (secondary N) is 1. The molecule has 1 fully saturated rings. The lowest BCUT2D eigenvalue weighted by atomic mass is 10.2. The summed E-state index contributed by atoms with van der Waals surface area (Å²) in [6.07, 6.45) is 5.77. The number of halogens is 1. The molecule has 1 aromatic rings. The average molecular weight is 339 g/mol. The topological polar surface area (TPSA) is 32.3 Å². The van der Waals surface area contributed by atoms with Crippen LogP contribution in [0.4, 0.5) is 5.69 Å². The lowest BCUT2D eigenvalue weighted by Gasteiger charge is -2.19. The second kappa shape index (κ2) is 7.79. The molecule has 1 aliphatic heterocycles. The third kappa shape index (κ3) is 4.91. The van der Waals surface area contributed by atoms with Crippen LogP contribution in [0.2, 0.25) is 0 Å². The van der Waals surface area contributed by atoms with Crippen LogP contribution in [0.1, 0.15) is 37.7 Å². The second-order valence-corrected chi connectivity index (χ2v) is 6.39. The first-order chi connectivity index (χ1) is 9.65. The Hall–Kier alpha value is -0.870. The Balaban J connectivity index is 1.79. The monoisotopic (exact) mass is 338 g/mol. The number of benzene rings is 1. The number of carbonyl (C=O) groups excluding carboxylic acids is 1. The molecule has 1 N–H and O–H groups in total. The first-order valence-electron chi connectivity index (χ1n) is 7.43. The van der Waals surface area contributed by atoms with E-state index < -0.39 is 0 Å². The lowest BCUT2D eigenvalue weighted by Crippen LogP contribution is -2.28. The SMILES string of the molecule is Cc1ccc(NC(=O)CCN2CCCCCC2)c(Br)c1. The van der Waals surface area contributed by atoms with Crippen molar-refractivity contribution in [3.63, 3.8) is 0 Å². The number of nitrogens with zero attached hydrogens (tertiary/aromatic N) is 1. The maximum absolute atomic E-state index is 12.0. The third-order valence-electron chi connectivity index (χ3n) is 3.75. The number of rotatable bonds is 4. The largest absolute Gasteiger partial charge is 0.325 e. The smallest absolute Gasteiger partial charge is 0.225 e. The summed E-state index contributed by atoms with van der Waals surface area (Å²) in [5, 5.41) is 2.98. The molecule has 1 aromatic carbocycles. The maximum atomic E-state index is 12.0. The van der Waals surface area contributed by atoms with E-state index in [2.05, 4.69) is 26.1 Å². The minimum atomic E-state index is 0.0961. The van der Waals surface area contributed by atoms with Crippen molar-refractivity contribution in [2.24, 2.45) is 0 Å². The first kappa shape index (κ1) is 15.5. The number of amides is 1. The third-order valence-corrected chi connectivity index (χ3v) is 4.41. The van der Waals surface area contributed by atoms with E-state index >= 15 is 0 Å². The van der Waals surface area contributed by atoms with Gasteiger partial charge in [-0.2, -0.15) is 0 Å². The molecule has 2 rings (SSSR count). The van der Waals surface area contributed by atoms with Crippen molar-refractivity contribution in [2.75, 3.05) is 25.0 Å². The highest BCUT2D eigenvalue weighted by Crippen LogP contribution is 2.23. The van der Waals surface area contributed by atoms with Gasteiger partial charge < -0.3 is 10.2 Å². The summed E-state index contributed by atoms with van der Waals surface area (Å²) in [5.74, 6) is 0.0961. The van der Waals surface area contributed by atoms with Gasteiger partial charge in [0, 0.05) is 17.4 Å². The van der Waals surface area contributed by atoms with E-state index in [1.807, 2.05) is 25.1 Å². The predicted molar refractivity (Wildman–Crippen MR) is 87.0 cm³/mol. The van der Waals surface area contributed by atoms with Gasteiger partial charge in [0.1, 0.15) is 0 Å². The zero-order chi connectivity index (χ0) is 14.4. The number of carbonyl (C=O) groups is 1. The van der Waals surface area contributed by atoms with Crippen molar-refractivity contribution in [3.05, 3.63) is 28.2 Å². The second-order valence-electron chi connectivity index (χ2n) is 5.54. The molecule has 0 spiro atoms. The van der Waals surface area contributed by atoms with Gasteiger partial charge >= 0.3 is 0 Å². The van der Waals surface area contributed by atoms with Crippen molar-refractivity contribution >= 4 is 27.5 Å². The Morgan fingerprint density at radius 2 is 1.95 bits per heavy atom. The van der Waals surface area contributed by atoms with Crippen molar-refractivity contribution in [1.82, 2.24) is 4.90 Å². The highest BCUT2D eigenvalue weighted by molar-refractivity contribution is 9.10. The van der Waals surface area contributed by atoms with Gasteiger partial charge in [-0.1, -0.05) is 18.9 Å². The van der Waals surface area contributed by atoms with E-state index in [1.165, 1.54) is 31.2 Å². The number of hydrogen-bond donors (Lipinski definition) is 1. The van der Waals surface area contributed by atoms with Gasteiger partial charge in [-0.05, 0) is 66.5 Å². The Bertz CT molecular complexity index is 454. The Morgan fingerprint density at radius 1 is 1.25 bits per heavy atom. The number of aryl methyl sites for hydroxylation is 1. The summed E-state index contributed by atoms with van der Waals surface area (Å²) in [6, 6.07) is 5.98. The maximum Gasteiger partial charge on any atom is 0.225 e. The molecule has 0 radical (unpaired) electrons. The van der Waals surface area contributed by atoms with Crippen molar-refractivity contribution in [1.29, 1.82) is 0 Å². The van der Waals surface area contributed by atoms with Crippen LogP contribution in [0.25, 0.3) is 0 Å². The van der Waals surface area contributed by atoms with Gasteiger partial charge in [0.25, 0.3) is 0 Å². The molecule has 0 saturated carbocycles. The fourth-order valence-electron chi connectivity index (χ4n) is 2.55. The van der Waals surface area contributed by atoms with Crippen LogP contribution >= 0.6 is 15.9 Å². The summed E-state index contributed by atoms with van der Waals surface area (Å²) >= 11 is 3.49. The number of hydrogen-bond acceptors (Lipinski definition) is 2. The Morgan fingerprint density at radius 3 is 2.60 bits per heavy atom. The minimum absolute atomic E-state index is 0.0961. The van der Waals surface area contributed by atoms with Crippen LogP contribution in [-0.4, -0.2) is 30.4 Å². The molecular formula is C16H23BrN2O. The van der Waals surface area contributed by atoms with Crippen LogP contribution in [0.3, 0.4) is 0 Å². The van der Waals surface area contributed by atoms with Gasteiger partial charge in [-0.25, -0.2) is 0 Å². The van der Waals surface area contributed by atoms with Crippen molar-refractivity contribution < 1.29 is 4.79 Å². The molecule has 20 heavy (non-hydrogen) atoms. The highest BCUT2D eigenvalue weighted by atomic mass is 79.9. The van der Waals surface area contributed by atoms with Crippen molar-refractivity contribution in [2.45, 2.75) is 39.0 Å². The van der Waals surface area contributed by atoms with Crippen LogP contribution in [0.5, 0.6) is 0 Å². The van der Waals surface area contributed by atoms with E-state index in [0.29, 0.717) is 6.42 Å². The molecule has 4 heteroatoms. The molecule has 3 nitrogen and oxygen atoms in total. The Kier molecular flexibility index (Phi) is 6.05.